The van der Waals surface area contributed by atoms with Gasteiger partial charge in [0.15, 0.2) is 5.13 Å². The molecular weight excluding hydrogens is 506 g/mol. The molecule has 1 amide bonds. The van der Waals surface area contributed by atoms with Crippen LogP contribution in [-0.4, -0.2) is 32.8 Å². The first kappa shape index (κ1) is 23.8. The number of non-ortho nitro benzene ring substituents is 1. The fraction of sp³-hybridized carbons (Fsp3) is 0.179. The van der Waals surface area contributed by atoms with Gasteiger partial charge in [0.25, 0.3) is 11.5 Å². The number of carbonyl (C=O) groups is 2. The van der Waals surface area contributed by atoms with Crippen molar-refractivity contribution in [3.8, 4) is 5.75 Å². The van der Waals surface area contributed by atoms with Crippen molar-refractivity contribution in [3.05, 3.63) is 98.6 Å². The molecule has 0 saturated carbocycles. The Kier molecular flexibility index (Phi) is 5.50. The fourth-order valence-corrected chi connectivity index (χ4v) is 6.09. The Hall–Kier alpha value is -4.57. The lowest BCUT2D eigenvalue weighted by Gasteiger charge is -2.22. The van der Waals surface area contributed by atoms with Gasteiger partial charge in [-0.1, -0.05) is 29.5 Å². The van der Waals surface area contributed by atoms with Gasteiger partial charge < -0.3 is 9.84 Å². The van der Waals surface area contributed by atoms with Gasteiger partial charge in [-0.25, -0.2) is 4.98 Å². The first-order valence-corrected chi connectivity index (χ1v) is 12.8. The molecule has 38 heavy (non-hydrogen) atoms. The number of thiazole rings is 1. The molecule has 3 aromatic carbocycles. The van der Waals surface area contributed by atoms with Gasteiger partial charge in [0, 0.05) is 24.1 Å². The van der Waals surface area contributed by atoms with Crippen molar-refractivity contribution in [3.63, 3.8) is 0 Å². The SMILES string of the molecule is Cc1ccc2nc(N3C(=O)C(=O)/C(=C(/O)c4ccc5c(c4)C[C@@H](C)O5)[C@H]3c3cccc([N+](=O)[O-])c3)sc2c1. The predicted octanol–water partition coefficient (Wildman–Crippen LogP) is 5.46. The van der Waals surface area contributed by atoms with Crippen LogP contribution in [0.25, 0.3) is 16.0 Å². The molecule has 3 heterocycles. The second-order valence-electron chi connectivity index (χ2n) is 9.44. The normalized spacial score (nSPS) is 20.1. The third kappa shape index (κ3) is 3.81. The number of carbonyl (C=O) groups excluding carboxylic acids is 2. The number of nitro groups is 1. The van der Waals surface area contributed by atoms with Crippen molar-refractivity contribution in [1.29, 1.82) is 0 Å². The number of hydrogen-bond donors (Lipinski definition) is 1. The van der Waals surface area contributed by atoms with Crippen LogP contribution in [0.15, 0.2) is 66.2 Å². The third-order valence-electron chi connectivity index (χ3n) is 6.75. The number of aliphatic hydroxyl groups excluding tert-OH is 1. The van der Waals surface area contributed by atoms with Crippen molar-refractivity contribution in [2.45, 2.75) is 32.4 Å². The summed E-state index contributed by atoms with van der Waals surface area (Å²) in [6.07, 6.45) is 0.630. The van der Waals surface area contributed by atoms with Gasteiger partial charge in [0.1, 0.15) is 17.6 Å². The van der Waals surface area contributed by atoms with Crippen LogP contribution in [0, 0.1) is 17.0 Å². The average molecular weight is 528 g/mol. The highest BCUT2D eigenvalue weighted by Gasteiger charge is 2.48. The summed E-state index contributed by atoms with van der Waals surface area (Å²) < 4.78 is 6.57. The van der Waals surface area contributed by atoms with Crippen LogP contribution >= 0.6 is 11.3 Å². The van der Waals surface area contributed by atoms with E-state index in [-0.39, 0.29) is 28.3 Å². The van der Waals surface area contributed by atoms with E-state index in [1.165, 1.54) is 34.4 Å². The van der Waals surface area contributed by atoms with Crippen LogP contribution in [0.3, 0.4) is 0 Å². The standard InChI is InChI=1S/C28H21N3O6S/c1-14-6-8-20-22(10-14)38-28(29-20)30-24(16-4-3-5-19(13-16)31(35)36)23(26(33)27(30)34)25(32)17-7-9-21-18(12-17)11-15(2)37-21/h3-10,12-13,15,24,32H,11H2,1-2H3/b25-23+/t15-,24-/m1/s1. The number of ether oxygens (including phenoxy) is 1. The van der Waals surface area contributed by atoms with E-state index in [1.807, 2.05) is 32.0 Å². The molecule has 1 fully saturated rings. The smallest absolute Gasteiger partial charge is 0.301 e. The molecule has 2 aliphatic heterocycles. The van der Waals surface area contributed by atoms with E-state index in [0.717, 1.165) is 15.8 Å². The van der Waals surface area contributed by atoms with Gasteiger partial charge in [-0.3, -0.25) is 24.6 Å². The molecule has 0 bridgehead atoms. The summed E-state index contributed by atoms with van der Waals surface area (Å²) in [5, 5.41) is 23.3. The van der Waals surface area contributed by atoms with E-state index in [0.29, 0.717) is 28.8 Å². The van der Waals surface area contributed by atoms with Gasteiger partial charge in [-0.2, -0.15) is 0 Å². The number of amides is 1. The minimum atomic E-state index is -1.11. The second kappa shape index (κ2) is 8.77. The zero-order valence-corrected chi connectivity index (χ0v) is 21.2. The van der Waals surface area contributed by atoms with Gasteiger partial charge in [-0.05, 0) is 60.9 Å². The van der Waals surface area contributed by atoms with Crippen LogP contribution in [0.4, 0.5) is 10.8 Å². The molecule has 190 valence electrons. The maximum atomic E-state index is 13.5. The second-order valence-corrected chi connectivity index (χ2v) is 10.5. The van der Waals surface area contributed by atoms with Crippen molar-refractivity contribution in [2.24, 2.45) is 0 Å². The van der Waals surface area contributed by atoms with Crippen molar-refractivity contribution in [2.75, 3.05) is 4.90 Å². The molecule has 2 aliphatic rings. The highest BCUT2D eigenvalue weighted by atomic mass is 32.1. The van der Waals surface area contributed by atoms with E-state index in [9.17, 15) is 24.8 Å². The Labute approximate surface area is 220 Å². The van der Waals surface area contributed by atoms with E-state index in [4.69, 9.17) is 4.74 Å². The van der Waals surface area contributed by atoms with E-state index in [2.05, 4.69) is 4.98 Å². The highest BCUT2D eigenvalue weighted by Crippen LogP contribution is 2.45. The minimum absolute atomic E-state index is 0.0134. The number of rotatable bonds is 4. The van der Waals surface area contributed by atoms with Crippen molar-refractivity contribution in [1.82, 2.24) is 4.98 Å². The number of ketones is 1. The molecule has 2 atom stereocenters. The van der Waals surface area contributed by atoms with Crippen LogP contribution in [-0.2, 0) is 16.0 Å². The summed E-state index contributed by atoms with van der Waals surface area (Å²) >= 11 is 1.24. The first-order chi connectivity index (χ1) is 18.2. The monoisotopic (exact) mass is 527 g/mol. The molecule has 4 aromatic rings. The molecule has 10 heteroatoms. The van der Waals surface area contributed by atoms with Gasteiger partial charge in [0.2, 0.25) is 0 Å². The van der Waals surface area contributed by atoms with Crippen molar-refractivity contribution >= 4 is 49.8 Å². The average Bonchev–Trinajstić information content (AvgIpc) is 3.55. The number of hydrogen-bond acceptors (Lipinski definition) is 8. The fourth-order valence-electron chi connectivity index (χ4n) is 5.00. The number of aryl methyl sites for hydroxylation is 1. The molecule has 0 aliphatic carbocycles. The molecule has 9 nitrogen and oxygen atoms in total. The number of Topliss-reactive ketones (excluding diaryl/α,β-unsaturated/α-hetero) is 1. The summed E-state index contributed by atoms with van der Waals surface area (Å²) in [5.41, 5.74) is 2.87. The number of aromatic nitrogens is 1. The maximum Gasteiger partial charge on any atom is 0.301 e. The van der Waals surface area contributed by atoms with Crippen LogP contribution < -0.4 is 9.64 Å². The zero-order valence-electron chi connectivity index (χ0n) is 20.4. The molecule has 0 spiro atoms. The highest BCUT2D eigenvalue weighted by molar-refractivity contribution is 7.22. The summed E-state index contributed by atoms with van der Waals surface area (Å²) in [6.45, 7) is 3.88. The van der Waals surface area contributed by atoms with E-state index in [1.54, 1.807) is 24.3 Å². The van der Waals surface area contributed by atoms with Gasteiger partial charge >= 0.3 is 5.91 Å². The molecule has 1 saturated heterocycles. The van der Waals surface area contributed by atoms with Crippen LogP contribution in [0.1, 0.15) is 35.2 Å². The Balaban J connectivity index is 1.56. The maximum absolute atomic E-state index is 13.5. The minimum Gasteiger partial charge on any atom is -0.507 e. The van der Waals surface area contributed by atoms with Gasteiger partial charge in [-0.15, -0.1) is 0 Å². The Morgan fingerprint density at radius 2 is 1.97 bits per heavy atom. The summed E-state index contributed by atoms with van der Waals surface area (Å²) in [5.74, 6) is -1.41. The first-order valence-electron chi connectivity index (χ1n) is 11.9. The summed E-state index contributed by atoms with van der Waals surface area (Å²) in [4.78, 5) is 43.8. The molecule has 1 aromatic heterocycles. The number of fused-ring (bicyclic) bond motifs is 2. The van der Waals surface area contributed by atoms with Crippen molar-refractivity contribution < 1.29 is 24.4 Å². The quantitative estimate of drug-likeness (QED) is 0.123. The molecule has 0 unspecified atom stereocenters. The number of benzene rings is 3. The molecule has 0 radical (unpaired) electrons. The molecular formula is C28H21N3O6S. The number of nitrogens with zero attached hydrogens (tertiary/aromatic N) is 3. The number of anilines is 1. The lowest BCUT2D eigenvalue weighted by atomic mass is 9.94. The summed E-state index contributed by atoms with van der Waals surface area (Å²) in [7, 11) is 0. The van der Waals surface area contributed by atoms with Crippen LogP contribution in [0.5, 0.6) is 5.75 Å². The number of aliphatic hydroxyl groups is 1. The molecule has 1 N–H and O–H groups in total. The lowest BCUT2D eigenvalue weighted by Crippen LogP contribution is -2.29. The Morgan fingerprint density at radius 3 is 2.76 bits per heavy atom. The third-order valence-corrected chi connectivity index (χ3v) is 7.77. The van der Waals surface area contributed by atoms with Gasteiger partial charge in [0.05, 0.1) is 26.8 Å². The number of nitro benzene ring substituents is 1. The Bertz CT molecular complexity index is 1710. The molecule has 6 rings (SSSR count). The predicted molar refractivity (Wildman–Crippen MR) is 142 cm³/mol. The Morgan fingerprint density at radius 1 is 1.16 bits per heavy atom. The van der Waals surface area contributed by atoms with Crippen LogP contribution in [0.2, 0.25) is 0 Å². The van der Waals surface area contributed by atoms with E-state index < -0.39 is 22.7 Å². The topological polar surface area (TPSA) is 123 Å². The van der Waals surface area contributed by atoms with E-state index >= 15 is 0 Å². The largest absolute Gasteiger partial charge is 0.507 e. The zero-order chi connectivity index (χ0) is 26.7. The lowest BCUT2D eigenvalue weighted by molar-refractivity contribution is -0.384. The summed E-state index contributed by atoms with van der Waals surface area (Å²) in [6, 6.07) is 15.4.